The second-order valence-electron chi connectivity index (χ2n) is 7.49. The third-order valence-corrected chi connectivity index (χ3v) is 5.31. The second kappa shape index (κ2) is 8.07. The monoisotopic (exact) mass is 378 g/mol. The number of aromatic nitrogens is 1. The predicted molar refractivity (Wildman–Crippen MR) is 109 cm³/mol. The molecule has 0 bridgehead atoms. The zero-order valence-electron chi connectivity index (χ0n) is 16.4. The Kier molecular flexibility index (Phi) is 5.35. The van der Waals surface area contributed by atoms with E-state index in [1.165, 1.54) is 0 Å². The summed E-state index contributed by atoms with van der Waals surface area (Å²) in [4.78, 5) is 6.56. The molecule has 5 nitrogen and oxygen atoms in total. The van der Waals surface area contributed by atoms with E-state index in [4.69, 9.17) is 9.15 Å². The Morgan fingerprint density at radius 1 is 1.21 bits per heavy atom. The van der Waals surface area contributed by atoms with Crippen LogP contribution < -0.4 is 4.74 Å². The van der Waals surface area contributed by atoms with Crippen molar-refractivity contribution in [3.8, 4) is 22.6 Å². The molecule has 1 aliphatic heterocycles. The highest BCUT2D eigenvalue weighted by molar-refractivity contribution is 5.68. The van der Waals surface area contributed by atoms with Crippen molar-refractivity contribution in [2.24, 2.45) is 0 Å². The van der Waals surface area contributed by atoms with Crippen LogP contribution in [0.3, 0.4) is 0 Å². The van der Waals surface area contributed by atoms with Crippen LogP contribution in [0.5, 0.6) is 11.5 Å². The first kappa shape index (κ1) is 18.6. The van der Waals surface area contributed by atoms with E-state index < -0.39 is 0 Å². The smallest absolute Gasteiger partial charge is 0.165 e. The van der Waals surface area contributed by atoms with Gasteiger partial charge in [0.25, 0.3) is 0 Å². The van der Waals surface area contributed by atoms with Crippen LogP contribution in [0.15, 0.2) is 53.2 Å². The van der Waals surface area contributed by atoms with Gasteiger partial charge >= 0.3 is 0 Å². The Morgan fingerprint density at radius 3 is 2.86 bits per heavy atom. The number of phenols is 1. The fourth-order valence-corrected chi connectivity index (χ4v) is 3.68. The topological polar surface area (TPSA) is 58.7 Å². The lowest BCUT2D eigenvalue weighted by atomic mass is 10.0. The van der Waals surface area contributed by atoms with E-state index in [-0.39, 0.29) is 5.75 Å². The third-order valence-electron chi connectivity index (χ3n) is 5.31. The minimum Gasteiger partial charge on any atom is -0.504 e. The van der Waals surface area contributed by atoms with Crippen LogP contribution in [-0.4, -0.2) is 34.7 Å². The first-order chi connectivity index (χ1) is 13.6. The maximum absolute atomic E-state index is 10.5. The van der Waals surface area contributed by atoms with Crippen molar-refractivity contribution in [3.63, 3.8) is 0 Å². The first-order valence-corrected chi connectivity index (χ1v) is 9.78. The van der Waals surface area contributed by atoms with Crippen molar-refractivity contribution >= 4 is 0 Å². The van der Waals surface area contributed by atoms with Gasteiger partial charge in [-0.1, -0.05) is 13.0 Å². The number of benzene rings is 1. The average molecular weight is 378 g/mol. The molecule has 4 rings (SSSR count). The Labute approximate surface area is 165 Å². The Balaban J connectivity index is 1.50. The molecule has 2 aromatic heterocycles. The molecule has 5 heteroatoms. The van der Waals surface area contributed by atoms with E-state index in [1.807, 2.05) is 31.3 Å². The summed E-state index contributed by atoms with van der Waals surface area (Å²) in [6, 6.07) is 11.8. The number of pyridine rings is 1. The highest BCUT2D eigenvalue weighted by Crippen LogP contribution is 2.37. The predicted octanol–water partition coefficient (Wildman–Crippen LogP) is 4.74. The van der Waals surface area contributed by atoms with Crippen LogP contribution in [0.4, 0.5) is 0 Å². The number of ether oxygens (including phenoxy) is 1. The molecule has 1 aliphatic rings. The number of aromatic hydroxyl groups is 1. The number of furan rings is 1. The summed E-state index contributed by atoms with van der Waals surface area (Å²) in [7, 11) is 0. The maximum Gasteiger partial charge on any atom is 0.165 e. The zero-order chi connectivity index (χ0) is 19.5. The summed E-state index contributed by atoms with van der Waals surface area (Å²) in [5, 5.41) is 10.5. The van der Waals surface area contributed by atoms with Crippen molar-refractivity contribution in [3.05, 3.63) is 65.9 Å². The summed E-state index contributed by atoms with van der Waals surface area (Å²) in [5.41, 5.74) is 2.95. The average Bonchev–Trinajstić information content (AvgIpc) is 3.03. The van der Waals surface area contributed by atoms with Crippen LogP contribution in [0.1, 0.15) is 36.3 Å². The van der Waals surface area contributed by atoms with E-state index in [0.717, 1.165) is 54.3 Å². The lowest BCUT2D eigenvalue weighted by Gasteiger charge is -2.21. The number of nitrogens with zero attached hydrogens (tertiary/aromatic N) is 2. The molecule has 3 heterocycles. The van der Waals surface area contributed by atoms with Gasteiger partial charge < -0.3 is 14.3 Å². The highest BCUT2D eigenvalue weighted by atomic mass is 16.5. The van der Waals surface area contributed by atoms with Gasteiger partial charge in [0, 0.05) is 42.5 Å². The molecular formula is C23H26N2O3. The SMILES string of the molecule is Cc1ccc(C(C)CCN2CCOc3c(O)cc(-c4cccnc4)cc3C2)o1. The van der Waals surface area contributed by atoms with Crippen molar-refractivity contribution in [2.75, 3.05) is 19.7 Å². The number of phenolic OH excluding ortho intramolecular Hbond substituents is 1. The van der Waals surface area contributed by atoms with Crippen LogP contribution in [0, 0.1) is 6.92 Å². The molecule has 28 heavy (non-hydrogen) atoms. The van der Waals surface area contributed by atoms with Gasteiger partial charge in [-0.05, 0) is 55.8 Å². The normalized spacial score (nSPS) is 15.5. The largest absolute Gasteiger partial charge is 0.504 e. The van der Waals surface area contributed by atoms with Crippen molar-refractivity contribution in [2.45, 2.75) is 32.7 Å². The quantitative estimate of drug-likeness (QED) is 0.695. The molecule has 3 aromatic rings. The maximum atomic E-state index is 10.5. The lowest BCUT2D eigenvalue weighted by molar-refractivity contribution is 0.216. The van der Waals surface area contributed by atoms with E-state index in [9.17, 15) is 5.11 Å². The molecule has 1 atom stereocenters. The molecular weight excluding hydrogens is 352 g/mol. The van der Waals surface area contributed by atoms with Crippen molar-refractivity contribution in [1.82, 2.24) is 9.88 Å². The Hall–Kier alpha value is -2.79. The van der Waals surface area contributed by atoms with Crippen LogP contribution in [-0.2, 0) is 6.54 Å². The zero-order valence-corrected chi connectivity index (χ0v) is 16.4. The summed E-state index contributed by atoms with van der Waals surface area (Å²) in [6.07, 6.45) is 4.57. The van der Waals surface area contributed by atoms with Gasteiger partial charge in [0.2, 0.25) is 0 Å². The van der Waals surface area contributed by atoms with Crippen molar-refractivity contribution in [1.29, 1.82) is 0 Å². The van der Waals surface area contributed by atoms with Crippen LogP contribution >= 0.6 is 0 Å². The fourth-order valence-electron chi connectivity index (χ4n) is 3.68. The van der Waals surface area contributed by atoms with Gasteiger partial charge in [-0.3, -0.25) is 9.88 Å². The minimum absolute atomic E-state index is 0.192. The Bertz CT molecular complexity index is 936. The number of hydrogen-bond donors (Lipinski definition) is 1. The van der Waals surface area contributed by atoms with Gasteiger partial charge in [0.05, 0.1) is 0 Å². The molecule has 0 aliphatic carbocycles. The van der Waals surface area contributed by atoms with Gasteiger partial charge in [-0.25, -0.2) is 0 Å². The number of rotatable bonds is 5. The summed E-state index contributed by atoms with van der Waals surface area (Å²) >= 11 is 0. The summed E-state index contributed by atoms with van der Waals surface area (Å²) < 4.78 is 11.6. The molecule has 0 amide bonds. The molecule has 1 aromatic carbocycles. The van der Waals surface area contributed by atoms with E-state index >= 15 is 0 Å². The summed E-state index contributed by atoms with van der Waals surface area (Å²) in [5.74, 6) is 3.16. The lowest BCUT2D eigenvalue weighted by Crippen LogP contribution is -2.27. The number of aryl methyl sites for hydroxylation is 1. The van der Waals surface area contributed by atoms with Gasteiger partial charge in [-0.15, -0.1) is 0 Å². The summed E-state index contributed by atoms with van der Waals surface area (Å²) in [6.45, 7) is 7.28. The molecule has 0 saturated heterocycles. The number of hydrogen-bond acceptors (Lipinski definition) is 5. The molecule has 0 saturated carbocycles. The number of fused-ring (bicyclic) bond motifs is 1. The minimum atomic E-state index is 0.192. The first-order valence-electron chi connectivity index (χ1n) is 9.78. The van der Waals surface area contributed by atoms with E-state index in [2.05, 4.69) is 28.9 Å². The highest BCUT2D eigenvalue weighted by Gasteiger charge is 2.21. The Morgan fingerprint density at radius 2 is 2.11 bits per heavy atom. The van der Waals surface area contributed by atoms with E-state index in [0.29, 0.717) is 18.3 Å². The molecule has 1 N–H and O–H groups in total. The van der Waals surface area contributed by atoms with E-state index in [1.54, 1.807) is 12.3 Å². The molecule has 0 spiro atoms. The second-order valence-corrected chi connectivity index (χ2v) is 7.49. The van der Waals surface area contributed by atoms with Gasteiger partial charge in [0.1, 0.15) is 18.1 Å². The van der Waals surface area contributed by atoms with Crippen LogP contribution in [0.2, 0.25) is 0 Å². The van der Waals surface area contributed by atoms with Gasteiger partial charge in [-0.2, -0.15) is 0 Å². The molecule has 146 valence electrons. The third kappa shape index (κ3) is 4.04. The molecule has 1 unspecified atom stereocenters. The van der Waals surface area contributed by atoms with Gasteiger partial charge in [0.15, 0.2) is 11.5 Å². The molecule has 0 radical (unpaired) electrons. The fraction of sp³-hybridized carbons (Fsp3) is 0.348. The standard InChI is InChI=1S/C23H26N2O3/c1-16(22-6-5-17(2)28-22)7-9-25-10-11-27-23-20(15-25)12-19(13-21(23)26)18-4-3-8-24-14-18/h3-6,8,12-14,16,26H,7,9-11,15H2,1-2H3. The van der Waals surface area contributed by atoms with Crippen molar-refractivity contribution < 1.29 is 14.3 Å². The molecule has 0 fully saturated rings. The van der Waals surface area contributed by atoms with Crippen LogP contribution in [0.25, 0.3) is 11.1 Å².